The van der Waals surface area contributed by atoms with E-state index < -0.39 is 34.5 Å². The number of anilines is 1. The van der Waals surface area contributed by atoms with Gasteiger partial charge in [-0.05, 0) is 48.0 Å². The van der Waals surface area contributed by atoms with Gasteiger partial charge in [-0.1, -0.05) is 18.2 Å². The van der Waals surface area contributed by atoms with Crippen LogP contribution in [-0.2, 0) is 21.3 Å². The van der Waals surface area contributed by atoms with E-state index >= 15 is 0 Å². The van der Waals surface area contributed by atoms with Crippen LogP contribution in [0, 0.1) is 5.82 Å². The van der Waals surface area contributed by atoms with Crippen molar-refractivity contribution in [3.05, 3.63) is 90.0 Å². The number of sulfonamides is 1. The van der Waals surface area contributed by atoms with Crippen molar-refractivity contribution in [1.29, 1.82) is 0 Å². The highest BCUT2D eigenvalue weighted by Crippen LogP contribution is 2.26. The SMILES string of the molecule is C=N/N=C(\OCC(F)(F)F)c1ccc(CN(c2cccc(F)c2)S(=O)(=O)c2cccnc2)cc1. The van der Waals surface area contributed by atoms with Crippen molar-refractivity contribution in [2.24, 2.45) is 10.2 Å². The van der Waals surface area contributed by atoms with Gasteiger partial charge in [0, 0.05) is 24.7 Å². The van der Waals surface area contributed by atoms with Crippen LogP contribution in [0.3, 0.4) is 0 Å². The summed E-state index contributed by atoms with van der Waals surface area (Å²) in [5.41, 5.74) is 0.717. The Bertz CT molecular complexity index is 1270. The molecule has 178 valence electrons. The molecule has 0 saturated heterocycles. The molecule has 0 spiro atoms. The minimum Gasteiger partial charge on any atom is -0.467 e. The lowest BCUT2D eigenvalue weighted by molar-refractivity contribution is -0.156. The van der Waals surface area contributed by atoms with Crippen LogP contribution in [-0.4, -0.2) is 38.8 Å². The molecule has 0 saturated carbocycles. The Balaban J connectivity index is 1.93. The van der Waals surface area contributed by atoms with Crippen LogP contribution in [0.1, 0.15) is 11.1 Å². The van der Waals surface area contributed by atoms with E-state index in [1.807, 2.05) is 0 Å². The average molecular weight is 494 g/mol. The number of aromatic nitrogens is 1. The maximum atomic E-state index is 13.9. The number of pyridine rings is 1. The topological polar surface area (TPSA) is 84.2 Å². The average Bonchev–Trinajstić information content (AvgIpc) is 2.80. The number of hydrogen-bond donors (Lipinski definition) is 0. The number of halogens is 4. The molecule has 3 rings (SSSR count). The minimum absolute atomic E-state index is 0.0829. The third-order valence-corrected chi connectivity index (χ3v) is 6.14. The number of benzene rings is 2. The molecule has 2 aromatic carbocycles. The third kappa shape index (κ3) is 6.38. The quantitative estimate of drug-likeness (QED) is 0.199. The van der Waals surface area contributed by atoms with Crippen LogP contribution in [0.15, 0.2) is 88.2 Å². The number of rotatable bonds is 8. The molecule has 0 unspecified atom stereocenters. The van der Waals surface area contributed by atoms with E-state index in [9.17, 15) is 26.0 Å². The summed E-state index contributed by atoms with van der Waals surface area (Å²) in [7, 11) is -4.12. The van der Waals surface area contributed by atoms with Gasteiger partial charge in [-0.15, -0.1) is 5.10 Å². The summed E-state index contributed by atoms with van der Waals surface area (Å²) in [5.74, 6) is -1.03. The normalized spacial score (nSPS) is 12.3. The molecule has 0 radical (unpaired) electrons. The van der Waals surface area contributed by atoms with E-state index in [0.717, 1.165) is 10.4 Å². The molecule has 1 heterocycles. The Morgan fingerprint density at radius 2 is 1.82 bits per heavy atom. The highest BCUT2D eigenvalue weighted by Gasteiger charge is 2.30. The van der Waals surface area contributed by atoms with E-state index in [0.29, 0.717) is 5.56 Å². The zero-order valence-corrected chi connectivity index (χ0v) is 18.3. The molecule has 0 fully saturated rings. The van der Waals surface area contributed by atoms with Crippen molar-refractivity contribution in [2.75, 3.05) is 10.9 Å². The van der Waals surface area contributed by atoms with Crippen molar-refractivity contribution in [3.8, 4) is 0 Å². The lowest BCUT2D eigenvalue weighted by atomic mass is 10.1. The highest BCUT2D eigenvalue weighted by atomic mass is 32.2. The molecule has 0 aliphatic carbocycles. The van der Waals surface area contributed by atoms with Gasteiger partial charge >= 0.3 is 6.18 Å². The fourth-order valence-corrected chi connectivity index (χ4v) is 4.29. The van der Waals surface area contributed by atoms with Crippen molar-refractivity contribution >= 4 is 28.3 Å². The fourth-order valence-electron chi connectivity index (χ4n) is 2.88. The zero-order valence-electron chi connectivity index (χ0n) is 17.5. The number of nitrogens with zero attached hydrogens (tertiary/aromatic N) is 4. The molecular formula is C22H18F4N4O3S. The van der Waals surface area contributed by atoms with Crippen LogP contribution in [0.4, 0.5) is 23.2 Å². The predicted octanol–water partition coefficient (Wildman–Crippen LogP) is 4.56. The third-order valence-electron chi connectivity index (χ3n) is 4.38. The van der Waals surface area contributed by atoms with E-state index in [1.165, 1.54) is 67.0 Å². The standard InChI is InChI=1S/C22H18F4N4O3S/c1-27-29-21(33-15-22(24,25)26)17-9-7-16(8-10-17)14-30(19-5-2-4-18(23)12-19)34(31,32)20-6-3-11-28-13-20/h2-13H,1,14-15H2/b29-21-. The van der Waals surface area contributed by atoms with E-state index in [1.54, 1.807) is 0 Å². The van der Waals surface area contributed by atoms with Gasteiger partial charge < -0.3 is 4.74 Å². The van der Waals surface area contributed by atoms with Gasteiger partial charge in [-0.3, -0.25) is 9.29 Å². The summed E-state index contributed by atoms with van der Waals surface area (Å²) < 4.78 is 83.6. The first kappa shape index (κ1) is 24.8. The summed E-state index contributed by atoms with van der Waals surface area (Å²) in [6.45, 7) is 1.35. The van der Waals surface area contributed by atoms with Gasteiger partial charge in [0.05, 0.1) is 12.2 Å². The summed E-state index contributed by atoms with van der Waals surface area (Å²) in [4.78, 5) is 3.74. The van der Waals surface area contributed by atoms with E-state index in [2.05, 4.69) is 26.6 Å². The van der Waals surface area contributed by atoms with Crippen LogP contribution < -0.4 is 4.31 Å². The molecule has 1 aromatic heterocycles. The van der Waals surface area contributed by atoms with Gasteiger partial charge in [-0.2, -0.15) is 18.3 Å². The molecule has 0 atom stereocenters. The molecule has 0 aliphatic rings. The monoisotopic (exact) mass is 494 g/mol. The van der Waals surface area contributed by atoms with Crippen molar-refractivity contribution < 1.29 is 30.7 Å². The number of ether oxygens (including phenoxy) is 1. The van der Waals surface area contributed by atoms with Crippen LogP contribution in [0.5, 0.6) is 0 Å². The van der Waals surface area contributed by atoms with Gasteiger partial charge in [0.1, 0.15) is 10.7 Å². The fraction of sp³-hybridized carbons (Fsp3) is 0.136. The summed E-state index contributed by atoms with van der Waals surface area (Å²) in [6.07, 6.45) is -1.98. The molecule has 12 heteroatoms. The first-order chi connectivity index (χ1) is 16.1. The largest absolute Gasteiger partial charge is 0.467 e. The maximum absolute atomic E-state index is 13.9. The zero-order chi connectivity index (χ0) is 24.8. The first-order valence-corrected chi connectivity index (χ1v) is 11.0. The van der Waals surface area contributed by atoms with Crippen molar-refractivity contribution in [3.63, 3.8) is 0 Å². The second-order valence-electron chi connectivity index (χ2n) is 6.83. The van der Waals surface area contributed by atoms with Gasteiger partial charge in [-0.25, -0.2) is 12.8 Å². The van der Waals surface area contributed by atoms with Gasteiger partial charge in [0.25, 0.3) is 10.0 Å². The Morgan fingerprint density at radius 3 is 2.41 bits per heavy atom. The maximum Gasteiger partial charge on any atom is 0.422 e. The predicted molar refractivity (Wildman–Crippen MR) is 119 cm³/mol. The van der Waals surface area contributed by atoms with Gasteiger partial charge in [0.15, 0.2) is 6.61 Å². The Kier molecular flexibility index (Phi) is 7.61. The molecule has 0 amide bonds. The van der Waals surface area contributed by atoms with Crippen LogP contribution in [0.2, 0.25) is 0 Å². The summed E-state index contributed by atoms with van der Waals surface area (Å²) in [6, 6.07) is 13.7. The van der Waals surface area contributed by atoms with Crippen molar-refractivity contribution in [1.82, 2.24) is 4.98 Å². The Labute approximate surface area is 193 Å². The first-order valence-electron chi connectivity index (χ1n) is 9.61. The molecule has 3 aromatic rings. The van der Waals surface area contributed by atoms with E-state index in [4.69, 9.17) is 0 Å². The Hall–Kier alpha value is -3.80. The molecule has 34 heavy (non-hydrogen) atoms. The minimum atomic E-state index is -4.58. The lowest BCUT2D eigenvalue weighted by Gasteiger charge is -2.24. The van der Waals surface area contributed by atoms with Crippen molar-refractivity contribution in [2.45, 2.75) is 17.6 Å². The number of hydrogen-bond acceptors (Lipinski definition) is 6. The molecule has 7 nitrogen and oxygen atoms in total. The van der Waals surface area contributed by atoms with Crippen LogP contribution >= 0.6 is 0 Å². The molecular weight excluding hydrogens is 476 g/mol. The lowest BCUT2D eigenvalue weighted by Crippen LogP contribution is -2.30. The second kappa shape index (κ2) is 10.4. The highest BCUT2D eigenvalue weighted by molar-refractivity contribution is 7.92. The van der Waals surface area contributed by atoms with Crippen LogP contribution in [0.25, 0.3) is 0 Å². The summed E-state index contributed by atoms with van der Waals surface area (Å²) in [5, 5.41) is 6.69. The molecule has 0 aliphatic heterocycles. The van der Waals surface area contributed by atoms with Gasteiger partial charge in [0.2, 0.25) is 5.90 Å². The summed E-state index contributed by atoms with van der Waals surface area (Å²) >= 11 is 0. The smallest absolute Gasteiger partial charge is 0.422 e. The molecule has 0 bridgehead atoms. The molecule has 0 N–H and O–H groups in total. The second-order valence-corrected chi connectivity index (χ2v) is 8.69. The van der Waals surface area contributed by atoms with E-state index in [-0.39, 0.29) is 22.7 Å². The Morgan fingerprint density at radius 1 is 1.09 bits per heavy atom. The number of alkyl halides is 3.